The van der Waals surface area contributed by atoms with Crippen molar-refractivity contribution < 1.29 is 4.79 Å². The van der Waals surface area contributed by atoms with Gasteiger partial charge >= 0.3 is 0 Å². The van der Waals surface area contributed by atoms with Crippen LogP contribution in [0.3, 0.4) is 0 Å². The number of allylic oxidation sites excluding steroid dienone is 2. The highest BCUT2D eigenvalue weighted by Gasteiger charge is 2.37. The first-order valence-electron chi connectivity index (χ1n) is 4.90. The fourth-order valence-electron chi connectivity index (χ4n) is 2.19. The average molecular weight is 310 g/mol. The molecular formula is C10H15IOS. The van der Waals surface area contributed by atoms with Crippen LogP contribution in [0.15, 0.2) is 12.2 Å². The second kappa shape index (κ2) is 3.93. The second-order valence-electron chi connectivity index (χ2n) is 3.83. The molecule has 0 radical (unpaired) electrons. The summed E-state index contributed by atoms with van der Waals surface area (Å²) in [6, 6.07) is 0. The monoisotopic (exact) mass is 310 g/mol. The highest BCUT2D eigenvalue weighted by atomic mass is 127. The molecule has 0 amide bonds. The van der Waals surface area contributed by atoms with E-state index < -0.39 is 7.20 Å². The zero-order valence-corrected chi connectivity index (χ0v) is 10.6. The van der Waals surface area contributed by atoms with Gasteiger partial charge in [0.05, 0.1) is 5.25 Å². The van der Waals surface area contributed by atoms with Crippen LogP contribution in [0, 0.1) is 0 Å². The maximum Gasteiger partial charge on any atom is 0.167 e. The van der Waals surface area contributed by atoms with E-state index in [9.17, 15) is 4.79 Å². The molecule has 1 aliphatic carbocycles. The van der Waals surface area contributed by atoms with Gasteiger partial charge in [0.15, 0.2) is 5.78 Å². The lowest BCUT2D eigenvalue weighted by Crippen LogP contribution is -2.26. The standard InChI is InChI=1S/C10H15IOS/c11-13(7-3-4-8-13)10-6-2-1-5-9(10)12/h1,5,10H,2-4,6-8H2. The van der Waals surface area contributed by atoms with E-state index in [-0.39, 0.29) is 0 Å². The lowest BCUT2D eigenvalue weighted by molar-refractivity contribution is -0.114. The molecule has 3 heteroatoms. The highest BCUT2D eigenvalue weighted by molar-refractivity contribution is 14.2. The molecule has 13 heavy (non-hydrogen) atoms. The van der Waals surface area contributed by atoms with Crippen LogP contribution >= 0.6 is 28.4 Å². The fourth-order valence-corrected chi connectivity index (χ4v) is 8.76. The third-order valence-corrected chi connectivity index (χ3v) is 10.8. The number of halogens is 1. The largest absolute Gasteiger partial charge is 0.294 e. The van der Waals surface area contributed by atoms with Gasteiger partial charge in [0.1, 0.15) is 0 Å². The van der Waals surface area contributed by atoms with Crippen molar-refractivity contribution in [3.8, 4) is 0 Å². The Morgan fingerprint density at radius 1 is 1.38 bits per heavy atom. The predicted molar refractivity (Wildman–Crippen MR) is 67.7 cm³/mol. The minimum absolute atomic E-state index is 0.403. The van der Waals surface area contributed by atoms with Gasteiger partial charge < -0.3 is 0 Å². The zero-order valence-electron chi connectivity index (χ0n) is 7.67. The van der Waals surface area contributed by atoms with Gasteiger partial charge in [0, 0.05) is 0 Å². The van der Waals surface area contributed by atoms with Crippen LogP contribution in [0.4, 0.5) is 0 Å². The molecule has 0 aromatic heterocycles. The lowest BCUT2D eigenvalue weighted by atomic mass is 10.1. The van der Waals surface area contributed by atoms with Gasteiger partial charge in [0.2, 0.25) is 0 Å². The third kappa shape index (κ3) is 1.96. The molecule has 2 rings (SSSR count). The van der Waals surface area contributed by atoms with Crippen molar-refractivity contribution in [1.82, 2.24) is 0 Å². The fraction of sp³-hybridized carbons (Fsp3) is 0.700. The van der Waals surface area contributed by atoms with Gasteiger partial charge in [-0.15, -0.1) is 0 Å². The molecule has 1 heterocycles. The molecule has 0 N–H and O–H groups in total. The number of hydrogen-bond donors (Lipinski definition) is 0. The molecule has 0 saturated carbocycles. The quantitative estimate of drug-likeness (QED) is 0.680. The normalized spacial score (nSPS) is 34.8. The van der Waals surface area contributed by atoms with Gasteiger partial charge in [-0.1, -0.05) is 6.08 Å². The summed E-state index contributed by atoms with van der Waals surface area (Å²) in [6.07, 6.45) is 8.80. The molecular weight excluding hydrogens is 295 g/mol. The predicted octanol–water partition coefficient (Wildman–Crippen LogP) is 3.22. The van der Waals surface area contributed by atoms with Crippen molar-refractivity contribution >= 4 is 34.2 Å². The van der Waals surface area contributed by atoms with E-state index in [2.05, 4.69) is 21.2 Å². The molecule has 1 saturated heterocycles. The van der Waals surface area contributed by atoms with Crippen LogP contribution in [0.2, 0.25) is 0 Å². The van der Waals surface area contributed by atoms with E-state index in [0.717, 1.165) is 12.8 Å². The molecule has 0 spiro atoms. The molecule has 74 valence electrons. The molecule has 1 fully saturated rings. The summed E-state index contributed by atoms with van der Waals surface area (Å²) in [4.78, 5) is 11.7. The number of rotatable bonds is 1. The summed E-state index contributed by atoms with van der Waals surface area (Å²) < 4.78 is 0. The average Bonchev–Trinajstić information content (AvgIpc) is 2.54. The van der Waals surface area contributed by atoms with Gasteiger partial charge in [-0.3, -0.25) is 4.79 Å². The molecule has 2 aliphatic rings. The number of hydrogen-bond acceptors (Lipinski definition) is 1. The summed E-state index contributed by atoms with van der Waals surface area (Å²) in [5.74, 6) is 3.08. The summed E-state index contributed by atoms with van der Waals surface area (Å²) in [6.45, 7) is 0. The van der Waals surface area contributed by atoms with Crippen molar-refractivity contribution in [2.24, 2.45) is 0 Å². The molecule has 0 aromatic rings. The van der Waals surface area contributed by atoms with Crippen molar-refractivity contribution in [1.29, 1.82) is 0 Å². The Hall–Kier alpha value is 0.490. The molecule has 0 bridgehead atoms. The van der Waals surface area contributed by atoms with Crippen LogP contribution in [-0.4, -0.2) is 22.5 Å². The van der Waals surface area contributed by atoms with Crippen molar-refractivity contribution in [2.75, 3.05) is 11.5 Å². The molecule has 1 nitrogen and oxygen atoms in total. The number of carbonyl (C=O) groups excluding carboxylic acids is 1. The Morgan fingerprint density at radius 2 is 2.08 bits per heavy atom. The number of carbonyl (C=O) groups is 1. The van der Waals surface area contributed by atoms with Gasteiger partial charge in [-0.25, -0.2) is 0 Å². The maximum atomic E-state index is 11.7. The minimum atomic E-state index is -0.585. The van der Waals surface area contributed by atoms with E-state index in [1.165, 1.54) is 24.3 Å². The van der Waals surface area contributed by atoms with Crippen molar-refractivity contribution in [2.45, 2.75) is 30.9 Å². The van der Waals surface area contributed by atoms with Crippen LogP contribution in [0.5, 0.6) is 0 Å². The summed E-state index contributed by atoms with van der Waals surface area (Å²) in [5, 5.41) is 0.403. The summed E-state index contributed by atoms with van der Waals surface area (Å²) >= 11 is 2.63. The second-order valence-corrected chi connectivity index (χ2v) is 12.2. The Bertz CT molecular complexity index is 243. The molecule has 0 aromatic carbocycles. The first-order valence-corrected chi connectivity index (χ1v) is 9.48. The van der Waals surface area contributed by atoms with Gasteiger partial charge in [-0.05, 0) is 64.5 Å². The Labute approximate surface area is 93.3 Å². The zero-order chi connectivity index (χ0) is 9.31. The molecule has 1 aliphatic heterocycles. The van der Waals surface area contributed by atoms with Crippen LogP contribution in [0.25, 0.3) is 0 Å². The van der Waals surface area contributed by atoms with E-state index in [0.29, 0.717) is 11.0 Å². The van der Waals surface area contributed by atoms with Crippen LogP contribution in [0.1, 0.15) is 25.7 Å². The van der Waals surface area contributed by atoms with Gasteiger partial charge in [-0.2, -0.15) is 7.20 Å². The first kappa shape index (κ1) is 10.0. The van der Waals surface area contributed by atoms with E-state index in [1.54, 1.807) is 0 Å². The van der Waals surface area contributed by atoms with E-state index in [1.807, 2.05) is 12.2 Å². The van der Waals surface area contributed by atoms with Crippen LogP contribution in [-0.2, 0) is 4.79 Å². The molecule has 1 unspecified atom stereocenters. The number of ketones is 1. The smallest absolute Gasteiger partial charge is 0.167 e. The van der Waals surface area contributed by atoms with E-state index >= 15 is 0 Å². The summed E-state index contributed by atoms with van der Waals surface area (Å²) in [7, 11) is -0.585. The van der Waals surface area contributed by atoms with E-state index in [4.69, 9.17) is 0 Å². The SMILES string of the molecule is O=C1C=CCCC1S1(I)CCCC1. The highest BCUT2D eigenvalue weighted by Crippen LogP contribution is 2.66. The third-order valence-electron chi connectivity index (χ3n) is 2.92. The van der Waals surface area contributed by atoms with Crippen molar-refractivity contribution in [3.63, 3.8) is 0 Å². The maximum absolute atomic E-state index is 11.7. The summed E-state index contributed by atoms with van der Waals surface area (Å²) in [5.41, 5.74) is 0. The molecule has 1 atom stereocenters. The Morgan fingerprint density at radius 3 is 2.69 bits per heavy atom. The van der Waals surface area contributed by atoms with Crippen LogP contribution < -0.4 is 0 Å². The minimum Gasteiger partial charge on any atom is -0.294 e. The Kier molecular flexibility index (Phi) is 3.03. The topological polar surface area (TPSA) is 17.1 Å². The van der Waals surface area contributed by atoms with Gasteiger partial charge in [0.25, 0.3) is 0 Å². The Balaban J connectivity index is 2.14. The van der Waals surface area contributed by atoms with Crippen molar-refractivity contribution in [3.05, 3.63) is 12.2 Å². The first-order chi connectivity index (χ1) is 6.22. The lowest BCUT2D eigenvalue weighted by Gasteiger charge is -2.37.